The third kappa shape index (κ3) is 4.10. The molecule has 0 amide bonds. The van der Waals surface area contributed by atoms with Crippen LogP contribution >= 0.6 is 11.6 Å². The number of hydrogen-bond acceptors (Lipinski definition) is 5. The van der Waals surface area contributed by atoms with Crippen molar-refractivity contribution < 1.29 is 24.9 Å². The second-order valence-electron chi connectivity index (χ2n) is 6.84. The number of ether oxygens (including phenoxy) is 1. The average Bonchev–Trinajstić information content (AvgIpc) is 2.70. The monoisotopic (exact) mass is 416 g/mol. The van der Waals surface area contributed by atoms with Crippen molar-refractivity contribution in [3.8, 4) is 23.0 Å². The van der Waals surface area contributed by atoms with Crippen LogP contribution in [-0.2, 0) is 0 Å². The lowest BCUT2D eigenvalue weighted by atomic mass is 9.96. The molecule has 0 aromatic heterocycles. The molecule has 0 saturated carbocycles. The predicted octanol–water partition coefficient (Wildman–Crippen LogP) is 6.14. The molecule has 0 fully saturated rings. The van der Waals surface area contributed by atoms with Gasteiger partial charge in [-0.1, -0.05) is 23.8 Å². The number of aromatic hydroxyl groups is 3. The molecule has 154 valence electrons. The highest BCUT2D eigenvalue weighted by Crippen LogP contribution is 2.44. The number of phenols is 3. The number of benzene rings is 2. The standard InChI is InChI=1S/C23H25ClO5/c1-7-11(3)15-9-16(25)13(5)17(10-15)29-23(28)19-18(12(4)8-2)20(24)22(27)14(6)21(19)26/h7-10,25-27H,1-6H3. The summed E-state index contributed by atoms with van der Waals surface area (Å²) in [6, 6.07) is 3.24. The first kappa shape index (κ1) is 22.4. The Morgan fingerprint density at radius 1 is 0.931 bits per heavy atom. The maximum atomic E-state index is 13.1. The number of carbonyl (C=O) groups is 1. The average molecular weight is 417 g/mol. The zero-order valence-electron chi connectivity index (χ0n) is 17.3. The molecule has 0 unspecified atom stereocenters. The van der Waals surface area contributed by atoms with Crippen LogP contribution in [0.25, 0.3) is 11.1 Å². The molecule has 0 aliphatic carbocycles. The summed E-state index contributed by atoms with van der Waals surface area (Å²) in [7, 11) is 0. The van der Waals surface area contributed by atoms with Gasteiger partial charge in [-0.2, -0.15) is 0 Å². The minimum Gasteiger partial charge on any atom is -0.508 e. The van der Waals surface area contributed by atoms with Crippen molar-refractivity contribution in [3.63, 3.8) is 0 Å². The van der Waals surface area contributed by atoms with E-state index in [9.17, 15) is 20.1 Å². The summed E-state index contributed by atoms with van der Waals surface area (Å²) in [4.78, 5) is 13.1. The number of allylic oxidation sites excluding steroid dienone is 4. The van der Waals surface area contributed by atoms with E-state index in [0.717, 1.165) is 5.57 Å². The van der Waals surface area contributed by atoms with Gasteiger partial charge in [0.2, 0.25) is 0 Å². The van der Waals surface area contributed by atoms with Gasteiger partial charge in [0.25, 0.3) is 0 Å². The van der Waals surface area contributed by atoms with Crippen molar-refractivity contribution >= 4 is 28.7 Å². The van der Waals surface area contributed by atoms with E-state index in [4.69, 9.17) is 16.3 Å². The number of rotatable bonds is 4. The molecule has 0 spiro atoms. The van der Waals surface area contributed by atoms with Crippen LogP contribution in [0.15, 0.2) is 24.3 Å². The van der Waals surface area contributed by atoms with E-state index in [-0.39, 0.29) is 39.0 Å². The van der Waals surface area contributed by atoms with Gasteiger partial charge >= 0.3 is 5.97 Å². The van der Waals surface area contributed by atoms with Gasteiger partial charge < -0.3 is 20.1 Å². The molecule has 2 aromatic rings. The predicted molar refractivity (Wildman–Crippen MR) is 116 cm³/mol. The lowest BCUT2D eigenvalue weighted by molar-refractivity contribution is 0.0729. The zero-order chi connectivity index (χ0) is 22.0. The topological polar surface area (TPSA) is 87.0 Å². The second kappa shape index (κ2) is 8.62. The Morgan fingerprint density at radius 2 is 1.52 bits per heavy atom. The van der Waals surface area contributed by atoms with Crippen LogP contribution in [0.3, 0.4) is 0 Å². The normalized spacial score (nSPS) is 12.2. The van der Waals surface area contributed by atoms with E-state index in [2.05, 4.69) is 0 Å². The highest BCUT2D eigenvalue weighted by Gasteiger charge is 2.28. The molecular formula is C23H25ClO5. The third-order valence-electron chi connectivity index (χ3n) is 5.08. The molecule has 0 bridgehead atoms. The van der Waals surface area contributed by atoms with Gasteiger partial charge in [-0.05, 0) is 70.4 Å². The van der Waals surface area contributed by atoms with Crippen molar-refractivity contribution in [3.05, 3.63) is 57.1 Å². The van der Waals surface area contributed by atoms with Crippen LogP contribution in [-0.4, -0.2) is 21.3 Å². The first-order valence-electron chi connectivity index (χ1n) is 9.11. The molecule has 2 aromatic carbocycles. The Morgan fingerprint density at radius 3 is 2.07 bits per heavy atom. The molecule has 0 radical (unpaired) electrons. The fourth-order valence-corrected chi connectivity index (χ4v) is 3.23. The second-order valence-corrected chi connectivity index (χ2v) is 7.22. The number of esters is 1. The fraction of sp³-hybridized carbons (Fsp3) is 0.261. The van der Waals surface area contributed by atoms with Gasteiger partial charge in [0.15, 0.2) is 0 Å². The number of carbonyl (C=O) groups excluding carboxylic acids is 1. The summed E-state index contributed by atoms with van der Waals surface area (Å²) >= 11 is 6.28. The third-order valence-corrected chi connectivity index (χ3v) is 5.45. The first-order chi connectivity index (χ1) is 13.5. The van der Waals surface area contributed by atoms with E-state index in [1.54, 1.807) is 39.0 Å². The Balaban J connectivity index is 2.68. The van der Waals surface area contributed by atoms with Crippen molar-refractivity contribution in [2.24, 2.45) is 0 Å². The van der Waals surface area contributed by atoms with Crippen molar-refractivity contribution in [2.45, 2.75) is 41.5 Å². The van der Waals surface area contributed by atoms with Gasteiger partial charge in [-0.3, -0.25) is 0 Å². The van der Waals surface area contributed by atoms with Gasteiger partial charge in [0, 0.05) is 16.7 Å². The minimum absolute atomic E-state index is 0.0134. The highest BCUT2D eigenvalue weighted by molar-refractivity contribution is 6.34. The maximum Gasteiger partial charge on any atom is 0.348 e. The Bertz CT molecular complexity index is 1050. The molecular weight excluding hydrogens is 392 g/mol. The molecule has 29 heavy (non-hydrogen) atoms. The molecule has 3 N–H and O–H groups in total. The van der Waals surface area contributed by atoms with Gasteiger partial charge in [-0.25, -0.2) is 4.79 Å². The van der Waals surface area contributed by atoms with Crippen molar-refractivity contribution in [1.82, 2.24) is 0 Å². The van der Waals surface area contributed by atoms with E-state index < -0.39 is 11.7 Å². The zero-order valence-corrected chi connectivity index (χ0v) is 18.1. The lowest BCUT2D eigenvalue weighted by Gasteiger charge is -2.18. The number of hydrogen-bond donors (Lipinski definition) is 3. The summed E-state index contributed by atoms with van der Waals surface area (Å²) in [5.41, 5.74) is 2.70. The molecule has 0 saturated heterocycles. The Kier molecular flexibility index (Phi) is 6.65. The van der Waals surface area contributed by atoms with Crippen molar-refractivity contribution in [2.75, 3.05) is 0 Å². The molecule has 5 nitrogen and oxygen atoms in total. The molecule has 0 aliphatic heterocycles. The van der Waals surface area contributed by atoms with E-state index >= 15 is 0 Å². The molecule has 0 heterocycles. The smallest absolute Gasteiger partial charge is 0.348 e. The fourth-order valence-electron chi connectivity index (χ4n) is 2.85. The van der Waals surface area contributed by atoms with Gasteiger partial charge in [-0.15, -0.1) is 0 Å². The highest BCUT2D eigenvalue weighted by atomic mass is 35.5. The maximum absolute atomic E-state index is 13.1. The van der Waals surface area contributed by atoms with Crippen LogP contribution in [0.5, 0.6) is 23.0 Å². The van der Waals surface area contributed by atoms with E-state index in [1.807, 2.05) is 19.9 Å². The van der Waals surface area contributed by atoms with Crippen LogP contribution in [0.2, 0.25) is 5.02 Å². The molecule has 6 heteroatoms. The number of phenolic OH excluding ortho intramolecular Hbond substituents is 3. The van der Waals surface area contributed by atoms with Gasteiger partial charge in [0.05, 0.1) is 5.02 Å². The van der Waals surface area contributed by atoms with E-state index in [1.165, 1.54) is 6.92 Å². The lowest BCUT2D eigenvalue weighted by Crippen LogP contribution is -2.13. The Hall–Kier alpha value is -2.92. The summed E-state index contributed by atoms with van der Waals surface area (Å²) in [6.45, 7) is 10.3. The summed E-state index contributed by atoms with van der Waals surface area (Å²) in [5, 5.41) is 31.0. The molecule has 0 aliphatic rings. The Labute approximate surface area is 175 Å². The largest absolute Gasteiger partial charge is 0.508 e. The van der Waals surface area contributed by atoms with E-state index in [0.29, 0.717) is 16.7 Å². The summed E-state index contributed by atoms with van der Waals surface area (Å²) in [6.07, 6.45) is 3.58. The molecule has 0 atom stereocenters. The van der Waals surface area contributed by atoms with Crippen LogP contribution < -0.4 is 4.74 Å². The molecule has 2 rings (SSSR count). The minimum atomic E-state index is -0.846. The summed E-state index contributed by atoms with van der Waals surface area (Å²) < 4.78 is 5.56. The van der Waals surface area contributed by atoms with Crippen LogP contribution in [0.1, 0.15) is 60.3 Å². The van der Waals surface area contributed by atoms with Crippen LogP contribution in [0, 0.1) is 13.8 Å². The van der Waals surface area contributed by atoms with Crippen LogP contribution in [0.4, 0.5) is 0 Å². The van der Waals surface area contributed by atoms with Gasteiger partial charge in [0.1, 0.15) is 28.6 Å². The number of halogens is 1. The quantitative estimate of drug-likeness (QED) is 0.411. The SMILES string of the molecule is CC=C(C)c1cc(O)c(C)c(OC(=O)c2c(O)c(C)c(O)c(Cl)c2C(C)=CC)c1. The van der Waals surface area contributed by atoms with Crippen molar-refractivity contribution in [1.29, 1.82) is 0 Å². The first-order valence-corrected chi connectivity index (χ1v) is 9.49. The summed E-state index contributed by atoms with van der Waals surface area (Å²) in [5.74, 6) is -1.40.